The number of nitrogens with one attached hydrogen (secondary N) is 2. The summed E-state index contributed by atoms with van der Waals surface area (Å²) >= 11 is 0. The summed E-state index contributed by atoms with van der Waals surface area (Å²) in [6.45, 7) is 3.19. The number of aryl methyl sites for hydroxylation is 1. The minimum atomic E-state index is -3.17. The van der Waals surface area contributed by atoms with Crippen LogP contribution in [0.25, 0.3) is 55.6 Å². The molecule has 0 atom stereocenters. The Morgan fingerprint density at radius 3 is 2.51 bits per heavy atom. The number of likely N-dealkylation sites (tertiary alicyclic amines) is 1. The fraction of sp³-hybridized carbons (Fsp3) is 0.242. The van der Waals surface area contributed by atoms with Crippen molar-refractivity contribution in [3.8, 4) is 33.8 Å². The van der Waals surface area contributed by atoms with Crippen LogP contribution in [0.5, 0.6) is 0 Å². The Bertz CT molecular complexity index is 2080. The lowest BCUT2D eigenvalue weighted by Gasteiger charge is -2.14. The average molecular weight is 595 g/mol. The molecule has 2 N–H and O–H groups in total. The van der Waals surface area contributed by atoms with Crippen LogP contribution in [0.1, 0.15) is 24.0 Å². The van der Waals surface area contributed by atoms with E-state index >= 15 is 0 Å². The van der Waals surface area contributed by atoms with E-state index in [1.54, 1.807) is 6.20 Å². The van der Waals surface area contributed by atoms with Crippen LogP contribution in [0.3, 0.4) is 0 Å². The molecule has 1 aliphatic rings. The topological polar surface area (TPSA) is 108 Å². The van der Waals surface area contributed by atoms with Gasteiger partial charge in [-0.05, 0) is 97.6 Å². The molecule has 0 saturated carbocycles. The summed E-state index contributed by atoms with van der Waals surface area (Å²) in [6, 6.07) is 17.0. The summed E-state index contributed by atoms with van der Waals surface area (Å²) in [5.41, 5.74) is 8.48. The van der Waals surface area contributed by atoms with Crippen LogP contribution in [0, 0.1) is 5.82 Å². The van der Waals surface area contributed by atoms with Crippen molar-refractivity contribution in [1.82, 2.24) is 30.0 Å². The largest absolute Gasteiger partial charge is 0.353 e. The summed E-state index contributed by atoms with van der Waals surface area (Å²) in [6.07, 6.45) is 9.46. The first-order chi connectivity index (χ1) is 20.8. The van der Waals surface area contributed by atoms with Gasteiger partial charge in [-0.1, -0.05) is 6.07 Å². The molecule has 1 saturated heterocycles. The number of hydrogen-bond acceptors (Lipinski definition) is 6. The molecule has 5 heterocycles. The minimum Gasteiger partial charge on any atom is -0.353 e. The van der Waals surface area contributed by atoms with E-state index in [9.17, 15) is 12.8 Å². The standard InChI is InChI=1S/C33H31FN6O2S/c1-43(41,42)11-7-21-12-24(15-26(34)14-21)32-28-17-31(37-29(28)6-8-36-32)33-27-16-23(4-5-30(27)38-39-33)25-13-22(18-35-19-25)20-40-9-2-3-10-40/h4-6,8,12-19,37H,2-3,7,9-11,20H2,1H3,(H,38,39). The first kappa shape index (κ1) is 27.4. The molecule has 8 nitrogen and oxygen atoms in total. The van der Waals surface area contributed by atoms with Crippen molar-refractivity contribution in [3.63, 3.8) is 0 Å². The van der Waals surface area contributed by atoms with Crippen molar-refractivity contribution in [2.45, 2.75) is 25.8 Å². The van der Waals surface area contributed by atoms with Crippen molar-refractivity contribution >= 4 is 31.6 Å². The number of aromatic amines is 2. The third-order valence-corrected chi connectivity index (χ3v) is 9.04. The lowest BCUT2D eigenvalue weighted by molar-refractivity contribution is 0.331. The maximum atomic E-state index is 14.6. The number of halogens is 1. The second-order valence-corrected chi connectivity index (χ2v) is 13.7. The van der Waals surface area contributed by atoms with E-state index < -0.39 is 15.7 Å². The van der Waals surface area contributed by atoms with Gasteiger partial charge in [0.1, 0.15) is 21.3 Å². The molecule has 1 aliphatic heterocycles. The fourth-order valence-corrected chi connectivity index (χ4v) is 6.58. The molecule has 0 unspecified atom stereocenters. The zero-order valence-electron chi connectivity index (χ0n) is 23.8. The van der Waals surface area contributed by atoms with Gasteiger partial charge in [0.25, 0.3) is 0 Å². The van der Waals surface area contributed by atoms with E-state index in [2.05, 4.69) is 48.2 Å². The van der Waals surface area contributed by atoms with E-state index in [1.807, 2.05) is 36.7 Å². The zero-order valence-corrected chi connectivity index (χ0v) is 24.6. The molecule has 0 amide bonds. The lowest BCUT2D eigenvalue weighted by atomic mass is 10.0. The number of pyridine rings is 2. The Morgan fingerprint density at radius 2 is 1.67 bits per heavy atom. The second kappa shape index (κ2) is 11.0. The molecule has 6 aromatic rings. The number of aromatic nitrogens is 5. The zero-order chi connectivity index (χ0) is 29.6. The van der Waals surface area contributed by atoms with Crippen LogP contribution in [0.4, 0.5) is 4.39 Å². The monoisotopic (exact) mass is 594 g/mol. The third-order valence-electron chi connectivity index (χ3n) is 8.09. The first-order valence-corrected chi connectivity index (χ1v) is 16.5. The molecular formula is C33H31FN6O2S. The van der Waals surface area contributed by atoms with Crippen LogP contribution in [-0.4, -0.2) is 63.6 Å². The highest BCUT2D eigenvalue weighted by molar-refractivity contribution is 7.90. The van der Waals surface area contributed by atoms with Gasteiger partial charge in [-0.15, -0.1) is 0 Å². The lowest BCUT2D eigenvalue weighted by Crippen LogP contribution is -2.18. The Morgan fingerprint density at radius 1 is 0.860 bits per heavy atom. The number of fused-ring (bicyclic) bond motifs is 2. The number of H-pyrrole nitrogens is 2. The predicted octanol–water partition coefficient (Wildman–Crippen LogP) is 6.16. The normalized spacial score (nSPS) is 14.3. The number of rotatable bonds is 8. The fourth-order valence-electron chi connectivity index (χ4n) is 5.98. The van der Waals surface area contributed by atoms with Gasteiger partial charge in [0, 0.05) is 58.8 Å². The van der Waals surface area contributed by atoms with Crippen LogP contribution in [0.2, 0.25) is 0 Å². The Hall–Kier alpha value is -4.41. The SMILES string of the molecule is CS(=O)(=O)CCc1cc(F)cc(-c2nccc3[nH]c(-c4n[nH]c5ccc(-c6cncc(CN7CCCC7)c6)cc45)cc23)c1. The quantitative estimate of drug-likeness (QED) is 0.219. The highest BCUT2D eigenvalue weighted by Crippen LogP contribution is 2.35. The number of sulfone groups is 1. The van der Waals surface area contributed by atoms with Crippen molar-refractivity contribution in [3.05, 3.63) is 90.1 Å². The number of benzene rings is 2. The van der Waals surface area contributed by atoms with Gasteiger partial charge in [-0.2, -0.15) is 5.10 Å². The predicted molar refractivity (Wildman–Crippen MR) is 168 cm³/mol. The molecule has 2 aromatic carbocycles. The molecule has 0 aliphatic carbocycles. The third kappa shape index (κ3) is 5.80. The minimum absolute atomic E-state index is 0.0468. The van der Waals surface area contributed by atoms with Crippen LogP contribution in [-0.2, 0) is 22.8 Å². The van der Waals surface area contributed by atoms with Gasteiger partial charge >= 0.3 is 0 Å². The van der Waals surface area contributed by atoms with Gasteiger partial charge in [-0.3, -0.25) is 20.0 Å². The van der Waals surface area contributed by atoms with Crippen molar-refractivity contribution in [2.75, 3.05) is 25.1 Å². The molecule has 10 heteroatoms. The van der Waals surface area contributed by atoms with E-state index in [1.165, 1.54) is 36.8 Å². The van der Waals surface area contributed by atoms with Gasteiger partial charge in [0.05, 0.1) is 22.7 Å². The molecule has 7 rings (SSSR count). The smallest absolute Gasteiger partial charge is 0.147 e. The van der Waals surface area contributed by atoms with Crippen molar-refractivity contribution in [1.29, 1.82) is 0 Å². The summed E-state index contributed by atoms with van der Waals surface area (Å²) in [5, 5.41) is 9.59. The molecule has 1 fully saturated rings. The molecule has 0 spiro atoms. The summed E-state index contributed by atoms with van der Waals surface area (Å²) in [7, 11) is -3.17. The molecule has 218 valence electrons. The van der Waals surface area contributed by atoms with Gasteiger partial charge in [0.2, 0.25) is 0 Å². The molecule has 4 aromatic heterocycles. The molecular weight excluding hydrogens is 563 g/mol. The highest BCUT2D eigenvalue weighted by atomic mass is 32.2. The number of nitrogens with zero attached hydrogens (tertiary/aromatic N) is 4. The highest BCUT2D eigenvalue weighted by Gasteiger charge is 2.17. The Labute approximate surface area is 248 Å². The Balaban J connectivity index is 1.24. The Kier molecular flexibility index (Phi) is 7.03. The first-order valence-electron chi connectivity index (χ1n) is 14.4. The van der Waals surface area contributed by atoms with E-state index in [0.29, 0.717) is 16.8 Å². The summed E-state index contributed by atoms with van der Waals surface area (Å²) in [4.78, 5) is 15.1. The van der Waals surface area contributed by atoms with E-state index in [-0.39, 0.29) is 12.2 Å². The maximum Gasteiger partial charge on any atom is 0.147 e. The van der Waals surface area contributed by atoms with E-state index in [4.69, 9.17) is 0 Å². The molecule has 0 radical (unpaired) electrons. The van der Waals surface area contributed by atoms with Crippen LogP contribution in [0.15, 0.2) is 73.2 Å². The number of hydrogen-bond donors (Lipinski definition) is 2. The van der Waals surface area contributed by atoms with Crippen LogP contribution >= 0.6 is 0 Å². The maximum absolute atomic E-state index is 14.6. The summed E-state index contributed by atoms with van der Waals surface area (Å²) < 4.78 is 38.0. The average Bonchev–Trinajstić information content (AvgIpc) is 3.75. The van der Waals surface area contributed by atoms with Gasteiger partial charge in [0.15, 0.2) is 0 Å². The molecule has 0 bridgehead atoms. The van der Waals surface area contributed by atoms with Gasteiger partial charge in [-0.25, -0.2) is 12.8 Å². The van der Waals surface area contributed by atoms with E-state index in [0.717, 1.165) is 64.0 Å². The second-order valence-electron chi connectivity index (χ2n) is 11.4. The molecule has 43 heavy (non-hydrogen) atoms. The van der Waals surface area contributed by atoms with Gasteiger partial charge < -0.3 is 4.98 Å². The van der Waals surface area contributed by atoms with Crippen molar-refractivity contribution in [2.24, 2.45) is 0 Å². The van der Waals surface area contributed by atoms with Crippen LogP contribution < -0.4 is 0 Å². The summed E-state index contributed by atoms with van der Waals surface area (Å²) in [5.74, 6) is -0.477. The van der Waals surface area contributed by atoms with Crippen molar-refractivity contribution < 1.29 is 12.8 Å².